The van der Waals surface area contributed by atoms with Crippen LogP contribution in [-0.4, -0.2) is 40.0 Å². The number of benzene rings is 1. The number of carbonyl (C=O) groups is 2. The minimum atomic E-state index is -0.765. The van der Waals surface area contributed by atoms with Crippen molar-refractivity contribution in [2.24, 2.45) is 17.3 Å². The zero-order valence-electron chi connectivity index (χ0n) is 17.0. The van der Waals surface area contributed by atoms with Crippen molar-refractivity contribution >= 4 is 45.6 Å². The molecule has 0 bridgehead atoms. The van der Waals surface area contributed by atoms with E-state index < -0.39 is 10.9 Å². The molecule has 0 aliphatic heterocycles. The molecule has 0 saturated heterocycles. The third-order valence-electron chi connectivity index (χ3n) is 3.88. The monoisotopic (exact) mass is 452 g/mol. The first-order chi connectivity index (χ1) is 14.2. The molecule has 0 aliphatic rings. The number of aromatic nitrogens is 1. The van der Waals surface area contributed by atoms with E-state index in [1.54, 1.807) is 25.5 Å². The van der Waals surface area contributed by atoms with E-state index in [4.69, 9.17) is 9.47 Å². The lowest BCUT2D eigenvalue weighted by Crippen LogP contribution is -2.16. The predicted octanol–water partition coefficient (Wildman–Crippen LogP) is 3.08. The van der Waals surface area contributed by atoms with Crippen LogP contribution >= 0.6 is 23.1 Å². The standard InChI is InChI=1S/C18H20N4O6S2/c1-6-28-17(24)16(19-20-18-21(4)10(2)15(30-18)11(3)23)29-14-8-7-12(27-5)9-13(14)22(25)26/h7-9H,6H2,1-5H3. The number of Topliss-reactive ketones (excluding diaryl/α,β-unsaturated/α-hetero) is 1. The Hall–Kier alpha value is -2.99. The van der Waals surface area contributed by atoms with Crippen LogP contribution in [0.15, 0.2) is 33.3 Å². The molecule has 1 heterocycles. The number of ketones is 1. The van der Waals surface area contributed by atoms with Crippen LogP contribution in [0, 0.1) is 17.0 Å². The van der Waals surface area contributed by atoms with Crippen LogP contribution < -0.4 is 9.54 Å². The van der Waals surface area contributed by atoms with Gasteiger partial charge in [-0.15, -0.1) is 10.2 Å². The molecule has 2 aromatic rings. The number of esters is 1. The lowest BCUT2D eigenvalue weighted by atomic mass is 10.3. The molecule has 0 fully saturated rings. The molecule has 0 saturated carbocycles. The van der Waals surface area contributed by atoms with E-state index in [0.717, 1.165) is 28.8 Å². The fourth-order valence-electron chi connectivity index (χ4n) is 2.28. The van der Waals surface area contributed by atoms with Crippen LogP contribution in [0.25, 0.3) is 0 Å². The van der Waals surface area contributed by atoms with Gasteiger partial charge < -0.3 is 14.0 Å². The lowest BCUT2D eigenvalue weighted by molar-refractivity contribution is -0.387. The van der Waals surface area contributed by atoms with Gasteiger partial charge in [-0.05, 0) is 26.0 Å². The summed E-state index contributed by atoms with van der Waals surface area (Å²) >= 11 is 1.90. The molecule has 30 heavy (non-hydrogen) atoms. The van der Waals surface area contributed by atoms with Crippen molar-refractivity contribution in [1.29, 1.82) is 0 Å². The second kappa shape index (κ2) is 10.2. The van der Waals surface area contributed by atoms with Gasteiger partial charge in [-0.3, -0.25) is 14.9 Å². The highest BCUT2D eigenvalue weighted by Gasteiger charge is 2.22. The van der Waals surface area contributed by atoms with Gasteiger partial charge >= 0.3 is 5.97 Å². The molecular formula is C18H20N4O6S2. The Morgan fingerprint density at radius 2 is 2.07 bits per heavy atom. The number of nitro groups is 1. The highest BCUT2D eigenvalue weighted by molar-refractivity contribution is 8.15. The SMILES string of the molecule is CCOC(=O)C(=NN=c1sc(C(C)=O)c(C)n1C)Sc1ccc(OC)cc1[N+](=O)[O-]. The Bertz CT molecular complexity index is 1090. The normalized spacial score (nSPS) is 12.0. The topological polar surface area (TPSA) is 125 Å². The second-order valence-electron chi connectivity index (χ2n) is 5.83. The Morgan fingerprint density at radius 3 is 2.60 bits per heavy atom. The second-order valence-corrected chi connectivity index (χ2v) is 7.84. The van der Waals surface area contributed by atoms with Crippen molar-refractivity contribution in [1.82, 2.24) is 4.57 Å². The van der Waals surface area contributed by atoms with Gasteiger partial charge in [-0.25, -0.2) is 4.79 Å². The lowest BCUT2D eigenvalue weighted by Gasteiger charge is -2.06. The summed E-state index contributed by atoms with van der Waals surface area (Å²) < 4.78 is 11.7. The van der Waals surface area contributed by atoms with Gasteiger partial charge in [-0.1, -0.05) is 23.1 Å². The summed E-state index contributed by atoms with van der Waals surface area (Å²) in [6.45, 7) is 4.96. The number of hydrogen-bond donors (Lipinski definition) is 0. The van der Waals surface area contributed by atoms with E-state index in [-0.39, 0.29) is 28.0 Å². The van der Waals surface area contributed by atoms with Crippen LogP contribution in [-0.2, 0) is 16.6 Å². The van der Waals surface area contributed by atoms with Gasteiger partial charge in [0.1, 0.15) is 5.75 Å². The fourth-order valence-corrected chi connectivity index (χ4v) is 4.06. The molecule has 1 aromatic heterocycles. The third kappa shape index (κ3) is 5.33. The van der Waals surface area contributed by atoms with E-state index in [9.17, 15) is 19.7 Å². The Kier molecular flexibility index (Phi) is 7.89. The summed E-state index contributed by atoms with van der Waals surface area (Å²) in [7, 11) is 3.12. The number of nitrogens with zero attached hydrogens (tertiary/aromatic N) is 4. The molecule has 0 aliphatic carbocycles. The smallest absolute Gasteiger partial charge is 0.365 e. The van der Waals surface area contributed by atoms with Gasteiger partial charge in [0.2, 0.25) is 9.85 Å². The Labute approximate surface area is 180 Å². The molecule has 0 spiro atoms. The number of ether oxygens (including phenoxy) is 2. The van der Waals surface area contributed by atoms with Crippen LogP contribution in [0.1, 0.15) is 29.2 Å². The summed E-state index contributed by atoms with van der Waals surface area (Å²) in [6.07, 6.45) is 0. The van der Waals surface area contributed by atoms with Crippen LogP contribution in [0.5, 0.6) is 5.75 Å². The number of rotatable bonds is 6. The van der Waals surface area contributed by atoms with Gasteiger partial charge in [0.25, 0.3) is 5.69 Å². The number of nitro benzene ring substituents is 1. The molecule has 2 rings (SSSR count). The first-order valence-corrected chi connectivity index (χ1v) is 10.3. The van der Waals surface area contributed by atoms with Crippen molar-refractivity contribution in [2.45, 2.75) is 25.7 Å². The minimum Gasteiger partial charge on any atom is -0.497 e. The highest BCUT2D eigenvalue weighted by Crippen LogP contribution is 2.33. The van der Waals surface area contributed by atoms with E-state index in [1.807, 2.05) is 0 Å². The largest absolute Gasteiger partial charge is 0.497 e. The molecule has 0 atom stereocenters. The summed E-state index contributed by atoms with van der Waals surface area (Å²) in [4.78, 5) is 36.0. The molecular weight excluding hydrogens is 432 g/mol. The fraction of sp³-hybridized carbons (Fsp3) is 0.333. The van der Waals surface area contributed by atoms with Crippen molar-refractivity contribution < 1.29 is 24.0 Å². The highest BCUT2D eigenvalue weighted by atomic mass is 32.2. The average Bonchev–Trinajstić information content (AvgIpc) is 2.99. The van der Waals surface area contributed by atoms with E-state index in [2.05, 4.69) is 10.2 Å². The van der Waals surface area contributed by atoms with Crippen LogP contribution in [0.4, 0.5) is 5.69 Å². The quantitative estimate of drug-likeness (QED) is 0.125. The molecule has 0 unspecified atom stereocenters. The Balaban J connectivity index is 2.53. The van der Waals surface area contributed by atoms with E-state index >= 15 is 0 Å². The number of methoxy groups -OCH3 is 1. The van der Waals surface area contributed by atoms with Gasteiger partial charge in [0, 0.05) is 19.7 Å². The minimum absolute atomic E-state index is 0.101. The Morgan fingerprint density at radius 1 is 1.37 bits per heavy atom. The molecule has 160 valence electrons. The number of thioether (sulfide) groups is 1. The van der Waals surface area contributed by atoms with Crippen molar-refractivity contribution in [3.8, 4) is 5.75 Å². The zero-order chi connectivity index (χ0) is 22.4. The first-order valence-electron chi connectivity index (χ1n) is 8.66. The van der Waals surface area contributed by atoms with E-state index in [0.29, 0.717) is 15.4 Å². The number of thiazole rings is 1. The van der Waals surface area contributed by atoms with Gasteiger partial charge in [0.05, 0.1) is 34.5 Å². The molecule has 0 amide bonds. The maximum Gasteiger partial charge on any atom is 0.365 e. The zero-order valence-corrected chi connectivity index (χ0v) is 18.6. The predicted molar refractivity (Wildman–Crippen MR) is 113 cm³/mol. The molecule has 0 radical (unpaired) electrons. The first kappa shape index (κ1) is 23.3. The maximum atomic E-state index is 12.4. The summed E-state index contributed by atoms with van der Waals surface area (Å²) in [5, 5.41) is 19.3. The van der Waals surface area contributed by atoms with Crippen molar-refractivity contribution in [3.63, 3.8) is 0 Å². The summed E-state index contributed by atoms with van der Waals surface area (Å²) in [5.41, 5.74) is 0.477. The molecule has 10 nitrogen and oxygen atoms in total. The van der Waals surface area contributed by atoms with Crippen molar-refractivity contribution in [2.75, 3.05) is 13.7 Å². The van der Waals surface area contributed by atoms with E-state index in [1.165, 1.54) is 32.2 Å². The van der Waals surface area contributed by atoms with Crippen molar-refractivity contribution in [3.05, 3.63) is 43.7 Å². The molecule has 0 N–H and O–H groups in total. The van der Waals surface area contributed by atoms with Gasteiger partial charge in [0.15, 0.2) is 5.78 Å². The summed E-state index contributed by atoms with van der Waals surface area (Å²) in [6, 6.07) is 4.25. The molecule has 1 aromatic carbocycles. The summed E-state index contributed by atoms with van der Waals surface area (Å²) in [5.74, 6) is -0.560. The number of hydrogen-bond acceptors (Lipinski definition) is 10. The number of carbonyl (C=O) groups excluding carboxylic acids is 2. The van der Waals surface area contributed by atoms with Crippen LogP contribution in [0.2, 0.25) is 0 Å². The molecule has 12 heteroatoms. The average molecular weight is 453 g/mol. The van der Waals surface area contributed by atoms with Gasteiger partial charge in [-0.2, -0.15) is 0 Å². The third-order valence-corrected chi connectivity index (χ3v) is 6.21. The maximum absolute atomic E-state index is 12.4. The van der Waals surface area contributed by atoms with Crippen LogP contribution in [0.3, 0.4) is 0 Å².